The average molecular weight is 894 g/mol. The van der Waals surface area contributed by atoms with Crippen molar-refractivity contribution < 1.29 is 23.9 Å². The van der Waals surface area contributed by atoms with Gasteiger partial charge in [-0.15, -0.1) is 38.5 Å². The van der Waals surface area contributed by atoms with Crippen molar-refractivity contribution in [3.8, 4) is 0 Å². The van der Waals surface area contributed by atoms with Gasteiger partial charge in [0.1, 0.15) is 12.5 Å². The summed E-state index contributed by atoms with van der Waals surface area (Å²) in [6.07, 6.45) is 22.4. The number of nitrogens with zero attached hydrogens (tertiary/aromatic N) is 4. The smallest absolute Gasteiger partial charge is 0.678 e. The van der Waals surface area contributed by atoms with Gasteiger partial charge in [-0.05, 0) is 95.6 Å². The minimum Gasteiger partial charge on any atom is -0.678 e. The van der Waals surface area contributed by atoms with Gasteiger partial charge in [0.05, 0.1) is 7.11 Å². The van der Waals surface area contributed by atoms with Crippen molar-refractivity contribution >= 4 is 70.7 Å². The number of Topliss-reactive ketones (excluding diaryl/α,β-unsaturated/α-hetero) is 1. The van der Waals surface area contributed by atoms with E-state index in [0.29, 0.717) is 45.4 Å². The molecular formula is C55H72MgN4O5-2. The third-order valence-corrected chi connectivity index (χ3v) is 14.2. The fraction of sp³-hybridized carbons (Fsp3) is 0.545. The van der Waals surface area contributed by atoms with Crippen LogP contribution in [0.3, 0.4) is 0 Å². The molecular weight excluding hydrogens is 821 g/mol. The largest absolute Gasteiger partial charge is 2.00 e. The summed E-state index contributed by atoms with van der Waals surface area (Å²) < 4.78 is 11.1. The van der Waals surface area contributed by atoms with E-state index in [1.165, 1.54) is 57.6 Å². The van der Waals surface area contributed by atoms with Crippen LogP contribution in [0.4, 0.5) is 0 Å². The quantitative estimate of drug-likeness (QED) is 0.0481. The van der Waals surface area contributed by atoms with Crippen molar-refractivity contribution in [1.29, 1.82) is 0 Å². The van der Waals surface area contributed by atoms with Crippen molar-refractivity contribution in [2.45, 2.75) is 152 Å². The third kappa shape index (κ3) is 11.6. The van der Waals surface area contributed by atoms with Crippen LogP contribution in [-0.2, 0) is 25.5 Å². The number of hydrogen-bond donors (Lipinski definition) is 0. The van der Waals surface area contributed by atoms with Crippen LogP contribution in [0.25, 0.3) is 35.2 Å². The van der Waals surface area contributed by atoms with E-state index in [9.17, 15) is 14.4 Å². The number of ether oxygens (including phenoxy) is 2. The predicted molar refractivity (Wildman–Crippen MR) is 264 cm³/mol. The topological polar surface area (TPSA) is 126 Å². The number of carbonyl (C=O) groups excluding carboxylic acids is 3. The van der Waals surface area contributed by atoms with Crippen molar-refractivity contribution in [2.24, 2.45) is 29.6 Å². The number of hydrogen-bond acceptors (Lipinski definition) is 5. The van der Waals surface area contributed by atoms with E-state index in [0.717, 1.165) is 81.0 Å². The number of ketones is 1. The Morgan fingerprint density at radius 1 is 0.815 bits per heavy atom. The normalized spacial score (nSPS) is 20.3. The van der Waals surface area contributed by atoms with Gasteiger partial charge in [0, 0.05) is 12.0 Å². The first-order valence-electron chi connectivity index (χ1n) is 24.0. The predicted octanol–water partition coefficient (Wildman–Crippen LogP) is 8.25. The second-order valence-corrected chi connectivity index (χ2v) is 19.4. The molecule has 346 valence electrons. The molecule has 3 aromatic heterocycles. The fourth-order valence-electron chi connectivity index (χ4n) is 10.1. The van der Waals surface area contributed by atoms with Crippen molar-refractivity contribution in [3.05, 3.63) is 101 Å². The number of aromatic nitrogens is 3. The van der Waals surface area contributed by atoms with Crippen LogP contribution in [0.2, 0.25) is 0 Å². The average Bonchev–Trinajstić information content (AvgIpc) is 3.99. The molecule has 0 saturated carbocycles. The summed E-state index contributed by atoms with van der Waals surface area (Å²) in [7, 11) is 1.30. The number of esters is 2. The molecule has 5 heterocycles. The molecule has 10 heteroatoms. The van der Waals surface area contributed by atoms with E-state index in [-0.39, 0.29) is 53.8 Å². The second-order valence-electron chi connectivity index (χ2n) is 19.4. The summed E-state index contributed by atoms with van der Waals surface area (Å²) in [6.45, 7) is 26.0. The zero-order valence-corrected chi connectivity index (χ0v) is 42.7. The number of rotatable bonds is 20. The fourth-order valence-corrected chi connectivity index (χ4v) is 10.1. The Balaban J connectivity index is 0.00000793. The summed E-state index contributed by atoms with van der Waals surface area (Å²) >= 11 is 0. The Labute approximate surface area is 404 Å². The molecule has 0 aromatic carbocycles. The van der Waals surface area contributed by atoms with Crippen LogP contribution in [0.1, 0.15) is 169 Å². The molecule has 0 fully saturated rings. The van der Waals surface area contributed by atoms with Crippen LogP contribution in [-0.4, -0.2) is 60.5 Å². The Hall–Kier alpha value is -4.28. The molecule has 65 heavy (non-hydrogen) atoms. The van der Waals surface area contributed by atoms with Gasteiger partial charge >= 0.3 is 35.0 Å². The zero-order valence-electron chi connectivity index (χ0n) is 41.3. The summed E-state index contributed by atoms with van der Waals surface area (Å²) in [5, 5.41) is 7.89. The molecule has 0 amide bonds. The van der Waals surface area contributed by atoms with E-state index in [2.05, 4.69) is 55.0 Å². The van der Waals surface area contributed by atoms with Gasteiger partial charge in [0.15, 0.2) is 5.78 Å². The standard InChI is InChI=1S/C55H73N4O5.Mg/c1-13-39-35(8)42-28-44-37(10)41(24-25-48(60)64-27-26-34(7)23-17-22-33(6)21-16-20-32(5)19-15-18-31(3)4)52(58-44)50-51(55(62)63-12)54(61)49-38(11)45(59-53(49)50)30-47-40(14-2)36(9)43(57-47)29-46(39)56-42;/h13,26,28-33,41,51-52H,1,14-25,27H2,2-12H3,(H-,56,57,61);/q-3;+2/p-1/b34-26+,42-28-;/t32-,33?,41+,51-,52+;/m1./s1. The molecule has 5 atom stereocenters. The van der Waals surface area contributed by atoms with Crippen LogP contribution in [0, 0.1) is 50.4 Å². The van der Waals surface area contributed by atoms with Crippen molar-refractivity contribution in [1.82, 2.24) is 15.0 Å². The summed E-state index contributed by atoms with van der Waals surface area (Å²) in [4.78, 5) is 56.6. The minimum atomic E-state index is -1.20. The first kappa shape index (κ1) is 51.7. The van der Waals surface area contributed by atoms with Gasteiger partial charge in [-0.1, -0.05) is 155 Å². The maximum absolute atomic E-state index is 14.4. The molecule has 6 rings (SSSR count). The van der Waals surface area contributed by atoms with Crippen molar-refractivity contribution in [2.75, 3.05) is 13.7 Å². The molecule has 3 aliphatic rings. The molecule has 8 bridgehead atoms. The zero-order chi connectivity index (χ0) is 46.4. The maximum Gasteiger partial charge on any atom is 2.00 e. The number of fused-ring (bicyclic) bond motifs is 8. The monoisotopic (exact) mass is 893 g/mol. The van der Waals surface area contributed by atoms with E-state index < -0.39 is 17.9 Å². The van der Waals surface area contributed by atoms with Gasteiger partial charge in [-0.25, -0.2) is 0 Å². The number of methoxy groups -OCH3 is 1. The Bertz CT molecular complexity index is 2560. The van der Waals surface area contributed by atoms with Crippen molar-refractivity contribution in [3.63, 3.8) is 0 Å². The maximum atomic E-state index is 14.4. The van der Waals surface area contributed by atoms with Gasteiger partial charge in [-0.2, -0.15) is 0 Å². The van der Waals surface area contributed by atoms with Crippen LogP contribution >= 0.6 is 0 Å². The molecule has 0 spiro atoms. The Morgan fingerprint density at radius 3 is 2.11 bits per heavy atom. The summed E-state index contributed by atoms with van der Waals surface area (Å²) in [5.74, 6) is -0.481. The third-order valence-electron chi connectivity index (χ3n) is 14.2. The molecule has 2 aliphatic heterocycles. The summed E-state index contributed by atoms with van der Waals surface area (Å²) in [5.41, 5.74) is 10.1. The molecule has 0 saturated heterocycles. The first-order chi connectivity index (χ1) is 30.6. The molecule has 0 radical (unpaired) electrons. The Morgan fingerprint density at radius 2 is 1.46 bits per heavy atom. The molecule has 1 aliphatic carbocycles. The van der Waals surface area contributed by atoms with E-state index in [1.807, 2.05) is 51.2 Å². The Kier molecular flexibility index (Phi) is 18.3. The molecule has 0 N–H and O–H groups in total. The van der Waals surface area contributed by atoms with Crippen LogP contribution in [0.5, 0.6) is 0 Å². The molecule has 1 unspecified atom stereocenters. The number of allylic oxidation sites excluding steroid dienone is 2. The van der Waals surface area contributed by atoms with Gasteiger partial charge in [0.25, 0.3) is 0 Å². The van der Waals surface area contributed by atoms with E-state index >= 15 is 0 Å². The van der Waals surface area contributed by atoms with Crippen LogP contribution < -0.4 is 36.3 Å². The van der Waals surface area contributed by atoms with Gasteiger partial charge in [0.2, 0.25) is 0 Å². The minimum absolute atomic E-state index is 0. The van der Waals surface area contributed by atoms with E-state index in [4.69, 9.17) is 29.7 Å². The van der Waals surface area contributed by atoms with Gasteiger partial charge < -0.3 is 29.7 Å². The summed E-state index contributed by atoms with van der Waals surface area (Å²) in [6, 6.07) is -0.650. The SMILES string of the molecule is C=Cc1c(C)/c2[n-]/c1=C\c1[n-]c(c(CC)c1C)/C=c1\[n-]c3c(c1C)C(=O)[C@H](C(=O)OC)C=3[C@H]1[N-]C(=C(C)[C@@H]1CCC(=O)OC/C=C(\C)CCCC(C)CCC[C@H](C)CCCC(C)C)\C=2.[Mg+2]. The molecule has 9 nitrogen and oxygen atoms in total. The second kappa shape index (κ2) is 22.9. The van der Waals surface area contributed by atoms with E-state index in [1.54, 1.807) is 0 Å². The van der Waals surface area contributed by atoms with Crippen LogP contribution in [0.15, 0.2) is 29.5 Å². The van der Waals surface area contributed by atoms with Gasteiger partial charge in [-0.3, -0.25) is 14.4 Å². The molecule has 3 aromatic rings. The number of carbonyl (C=O) groups is 3. The first-order valence-corrected chi connectivity index (χ1v) is 24.0.